The summed E-state index contributed by atoms with van der Waals surface area (Å²) in [6.45, 7) is 0. The summed E-state index contributed by atoms with van der Waals surface area (Å²) in [5.41, 5.74) is -0.739. The summed E-state index contributed by atoms with van der Waals surface area (Å²) in [6, 6.07) is 8.48. The molecule has 0 radical (unpaired) electrons. The monoisotopic (exact) mass is 322 g/mol. The van der Waals surface area contributed by atoms with Gasteiger partial charge in [0, 0.05) is 17.1 Å². The van der Waals surface area contributed by atoms with Crippen molar-refractivity contribution in [1.82, 2.24) is 4.98 Å². The molecule has 3 aromatic rings. The van der Waals surface area contributed by atoms with Gasteiger partial charge in [0.25, 0.3) is 5.91 Å². The Hall–Kier alpha value is -2.83. The van der Waals surface area contributed by atoms with E-state index in [4.69, 9.17) is 0 Å². The third kappa shape index (κ3) is 2.90. The van der Waals surface area contributed by atoms with Crippen LogP contribution in [0.15, 0.2) is 48.7 Å². The van der Waals surface area contributed by atoms with E-state index in [2.05, 4.69) is 10.3 Å². The van der Waals surface area contributed by atoms with Crippen LogP contribution in [-0.4, -0.2) is 10.9 Å². The van der Waals surface area contributed by atoms with E-state index < -0.39 is 23.5 Å². The van der Waals surface area contributed by atoms with Gasteiger partial charge in [-0.2, -0.15) is 13.2 Å². The van der Waals surface area contributed by atoms with Gasteiger partial charge in [-0.1, -0.05) is 12.1 Å². The van der Waals surface area contributed by atoms with E-state index in [0.717, 1.165) is 6.07 Å². The fraction of sp³-hybridized carbons (Fsp3) is 0.0625. The normalized spacial score (nSPS) is 11.7. The Labute approximate surface area is 127 Å². The minimum atomic E-state index is -4.58. The van der Waals surface area contributed by atoms with Crippen molar-refractivity contribution in [3.05, 3.63) is 65.6 Å². The highest BCUT2D eigenvalue weighted by Crippen LogP contribution is 2.35. The third-order valence-corrected chi connectivity index (χ3v) is 3.37. The highest BCUT2D eigenvalue weighted by molar-refractivity contribution is 6.13. The smallest absolute Gasteiger partial charge is 0.360 e. The summed E-state index contributed by atoms with van der Waals surface area (Å²) >= 11 is 0. The Morgan fingerprint density at radius 2 is 1.83 bits per heavy atom. The Balaban J connectivity index is 1.96. The topological polar surface area (TPSA) is 44.9 Å². The van der Waals surface area contributed by atoms with Crippen LogP contribution in [0.4, 0.5) is 23.2 Å². The molecule has 0 unspecified atom stereocenters. The molecule has 7 heteroatoms. The first kappa shape index (κ1) is 15.1. The number of aromatic nitrogens is 1. The van der Waals surface area contributed by atoms with Gasteiger partial charge in [0.2, 0.25) is 0 Å². The van der Waals surface area contributed by atoms with Gasteiger partial charge in [-0.15, -0.1) is 0 Å². The standard InChI is InChI=1S/C16H10F4N2O/c17-9-5-6-10-11(8-21-14(10)7-9)15(23)22-13-4-2-1-3-12(13)16(18,19)20/h1-8,21H,(H,22,23). The maximum absolute atomic E-state index is 13.1. The van der Waals surface area contributed by atoms with E-state index in [-0.39, 0.29) is 11.3 Å². The number of hydrogen-bond donors (Lipinski definition) is 2. The van der Waals surface area contributed by atoms with Crippen molar-refractivity contribution in [1.29, 1.82) is 0 Å². The number of H-pyrrole nitrogens is 1. The number of benzene rings is 2. The van der Waals surface area contributed by atoms with Gasteiger partial charge in [0.15, 0.2) is 0 Å². The lowest BCUT2D eigenvalue weighted by molar-refractivity contribution is -0.136. The van der Waals surface area contributed by atoms with E-state index in [1.54, 1.807) is 0 Å². The summed E-state index contributed by atoms with van der Waals surface area (Å²) in [6.07, 6.45) is -3.25. The number of fused-ring (bicyclic) bond motifs is 1. The molecule has 23 heavy (non-hydrogen) atoms. The van der Waals surface area contributed by atoms with Crippen molar-refractivity contribution in [3.8, 4) is 0 Å². The summed E-state index contributed by atoms with van der Waals surface area (Å²) in [4.78, 5) is 15.0. The quantitative estimate of drug-likeness (QED) is 0.667. The van der Waals surface area contributed by atoms with Crippen LogP contribution in [0.2, 0.25) is 0 Å². The lowest BCUT2D eigenvalue weighted by Gasteiger charge is -2.13. The number of nitrogens with one attached hydrogen (secondary N) is 2. The van der Waals surface area contributed by atoms with Gasteiger partial charge in [-0.05, 0) is 30.3 Å². The first-order valence-electron chi connectivity index (χ1n) is 6.60. The molecule has 0 saturated heterocycles. The van der Waals surface area contributed by atoms with Crippen LogP contribution in [0.3, 0.4) is 0 Å². The second-order valence-corrected chi connectivity index (χ2v) is 4.89. The lowest BCUT2D eigenvalue weighted by Crippen LogP contribution is -2.16. The summed E-state index contributed by atoms with van der Waals surface area (Å²) in [7, 11) is 0. The average molecular weight is 322 g/mol. The zero-order chi connectivity index (χ0) is 16.6. The molecular formula is C16H10F4N2O. The molecule has 0 bridgehead atoms. The molecule has 1 amide bonds. The van der Waals surface area contributed by atoms with E-state index in [1.807, 2.05) is 0 Å². The second-order valence-electron chi connectivity index (χ2n) is 4.89. The predicted octanol–water partition coefficient (Wildman–Crippen LogP) is 4.58. The molecule has 0 saturated carbocycles. The van der Waals surface area contributed by atoms with Crippen molar-refractivity contribution in [2.75, 3.05) is 5.32 Å². The first-order chi connectivity index (χ1) is 10.9. The predicted molar refractivity (Wildman–Crippen MR) is 77.7 cm³/mol. The largest absolute Gasteiger partial charge is 0.418 e. The fourth-order valence-corrected chi connectivity index (χ4v) is 2.32. The van der Waals surface area contributed by atoms with Crippen LogP contribution in [0.1, 0.15) is 15.9 Å². The van der Waals surface area contributed by atoms with Crippen LogP contribution in [-0.2, 0) is 6.18 Å². The molecule has 0 aliphatic carbocycles. The van der Waals surface area contributed by atoms with Crippen molar-refractivity contribution < 1.29 is 22.4 Å². The zero-order valence-electron chi connectivity index (χ0n) is 11.5. The van der Waals surface area contributed by atoms with Crippen molar-refractivity contribution >= 4 is 22.5 Å². The highest BCUT2D eigenvalue weighted by atomic mass is 19.4. The van der Waals surface area contributed by atoms with Crippen LogP contribution in [0.25, 0.3) is 10.9 Å². The molecule has 118 valence electrons. The maximum Gasteiger partial charge on any atom is 0.418 e. The number of carbonyl (C=O) groups is 1. The number of rotatable bonds is 2. The Morgan fingerprint density at radius 1 is 1.09 bits per heavy atom. The van der Waals surface area contributed by atoms with E-state index >= 15 is 0 Å². The summed E-state index contributed by atoms with van der Waals surface area (Å²) < 4.78 is 52.0. The molecule has 1 heterocycles. The van der Waals surface area contributed by atoms with Gasteiger partial charge in [0.1, 0.15) is 5.82 Å². The van der Waals surface area contributed by atoms with Crippen LogP contribution >= 0.6 is 0 Å². The molecule has 2 aromatic carbocycles. The maximum atomic E-state index is 13.1. The van der Waals surface area contributed by atoms with Gasteiger partial charge in [-0.25, -0.2) is 4.39 Å². The molecule has 2 N–H and O–H groups in total. The number of anilines is 1. The molecule has 0 spiro atoms. The number of para-hydroxylation sites is 1. The molecule has 3 rings (SSSR count). The van der Waals surface area contributed by atoms with Gasteiger partial charge >= 0.3 is 6.18 Å². The number of alkyl halides is 3. The number of aromatic amines is 1. The van der Waals surface area contributed by atoms with Crippen LogP contribution in [0, 0.1) is 5.82 Å². The average Bonchev–Trinajstić information content (AvgIpc) is 2.89. The SMILES string of the molecule is O=C(Nc1ccccc1C(F)(F)F)c1c[nH]c2cc(F)ccc12. The van der Waals surface area contributed by atoms with Gasteiger partial charge in [0.05, 0.1) is 16.8 Å². The first-order valence-corrected chi connectivity index (χ1v) is 6.60. The van der Waals surface area contributed by atoms with Crippen LogP contribution < -0.4 is 5.32 Å². The van der Waals surface area contributed by atoms with Crippen molar-refractivity contribution in [2.45, 2.75) is 6.18 Å². The third-order valence-electron chi connectivity index (χ3n) is 3.37. The number of carbonyl (C=O) groups excluding carboxylic acids is 1. The Morgan fingerprint density at radius 3 is 2.57 bits per heavy atom. The molecule has 3 nitrogen and oxygen atoms in total. The van der Waals surface area contributed by atoms with E-state index in [1.165, 1.54) is 42.6 Å². The minimum absolute atomic E-state index is 0.136. The van der Waals surface area contributed by atoms with Crippen molar-refractivity contribution in [3.63, 3.8) is 0 Å². The zero-order valence-corrected chi connectivity index (χ0v) is 11.5. The molecule has 0 atom stereocenters. The number of halogens is 4. The molecular weight excluding hydrogens is 312 g/mol. The molecule has 0 aliphatic rings. The minimum Gasteiger partial charge on any atom is -0.360 e. The Kier molecular flexibility index (Phi) is 3.55. The second kappa shape index (κ2) is 5.42. The molecule has 0 aliphatic heterocycles. The molecule has 0 fully saturated rings. The highest BCUT2D eigenvalue weighted by Gasteiger charge is 2.33. The summed E-state index contributed by atoms with van der Waals surface area (Å²) in [5.74, 6) is -1.19. The molecule has 1 aromatic heterocycles. The Bertz CT molecular complexity index is 883. The van der Waals surface area contributed by atoms with Gasteiger partial charge < -0.3 is 10.3 Å². The summed E-state index contributed by atoms with van der Waals surface area (Å²) in [5, 5.41) is 2.68. The fourth-order valence-electron chi connectivity index (χ4n) is 2.32. The van der Waals surface area contributed by atoms with Crippen molar-refractivity contribution in [2.24, 2.45) is 0 Å². The van der Waals surface area contributed by atoms with E-state index in [9.17, 15) is 22.4 Å². The van der Waals surface area contributed by atoms with Gasteiger partial charge in [-0.3, -0.25) is 4.79 Å². The lowest BCUT2D eigenvalue weighted by atomic mass is 10.1. The van der Waals surface area contributed by atoms with Crippen LogP contribution in [0.5, 0.6) is 0 Å². The number of hydrogen-bond acceptors (Lipinski definition) is 1. The van der Waals surface area contributed by atoms with E-state index in [0.29, 0.717) is 10.9 Å². The number of amides is 1.